The van der Waals surface area contributed by atoms with E-state index in [4.69, 9.17) is 10.5 Å². The molecule has 0 bridgehead atoms. The van der Waals surface area contributed by atoms with E-state index in [2.05, 4.69) is 0 Å². The Morgan fingerprint density at radius 2 is 1.79 bits per heavy atom. The third kappa shape index (κ3) is 4.58. The lowest BCUT2D eigenvalue weighted by Gasteiger charge is -2.18. The largest absolute Gasteiger partial charge is 0.490 e. The normalized spacial score (nSPS) is 16.6. The Bertz CT molecular complexity index is 390. The van der Waals surface area contributed by atoms with Gasteiger partial charge in [-0.15, -0.1) is 12.4 Å². The van der Waals surface area contributed by atoms with E-state index in [1.165, 1.54) is 12.1 Å². The molecule has 1 aliphatic carbocycles. The van der Waals surface area contributed by atoms with Gasteiger partial charge in [-0.05, 0) is 56.0 Å². The molecule has 0 amide bonds. The van der Waals surface area contributed by atoms with Crippen LogP contribution in [-0.2, 0) is 6.18 Å². The maximum Gasteiger partial charge on any atom is 0.416 e. The molecule has 0 aliphatic heterocycles. The molecule has 1 unspecified atom stereocenters. The van der Waals surface area contributed by atoms with Crippen molar-refractivity contribution in [3.8, 4) is 5.75 Å². The van der Waals surface area contributed by atoms with Gasteiger partial charge in [-0.1, -0.05) is 0 Å². The predicted octanol–water partition coefficient (Wildman–Crippen LogP) is 3.63. The third-order valence-electron chi connectivity index (χ3n) is 3.07. The molecule has 1 aliphatic rings. The van der Waals surface area contributed by atoms with Crippen LogP contribution in [-0.4, -0.2) is 12.6 Å². The van der Waals surface area contributed by atoms with Gasteiger partial charge in [0.2, 0.25) is 0 Å². The molecule has 2 rings (SSSR count). The van der Waals surface area contributed by atoms with Crippen molar-refractivity contribution >= 4 is 12.4 Å². The smallest absolute Gasteiger partial charge is 0.416 e. The quantitative estimate of drug-likeness (QED) is 0.900. The van der Waals surface area contributed by atoms with Gasteiger partial charge >= 0.3 is 6.18 Å². The minimum Gasteiger partial charge on any atom is -0.490 e. The van der Waals surface area contributed by atoms with E-state index in [-0.39, 0.29) is 18.5 Å². The van der Waals surface area contributed by atoms with E-state index >= 15 is 0 Å². The van der Waals surface area contributed by atoms with Crippen LogP contribution in [0, 0.1) is 5.92 Å². The van der Waals surface area contributed by atoms with Crippen LogP contribution in [0.15, 0.2) is 24.3 Å². The van der Waals surface area contributed by atoms with E-state index in [1.807, 2.05) is 0 Å². The molecule has 1 aromatic rings. The van der Waals surface area contributed by atoms with Crippen LogP contribution in [0.25, 0.3) is 0 Å². The van der Waals surface area contributed by atoms with Crippen molar-refractivity contribution in [2.75, 3.05) is 6.54 Å². The molecule has 6 heteroatoms. The van der Waals surface area contributed by atoms with E-state index in [1.54, 1.807) is 0 Å². The Morgan fingerprint density at radius 3 is 2.21 bits per heavy atom. The second-order valence-electron chi connectivity index (χ2n) is 4.59. The number of nitrogens with two attached hydrogens (primary N) is 1. The first-order valence-electron chi connectivity index (χ1n) is 6.04. The summed E-state index contributed by atoms with van der Waals surface area (Å²) >= 11 is 0. The zero-order valence-corrected chi connectivity index (χ0v) is 11.1. The summed E-state index contributed by atoms with van der Waals surface area (Å²) < 4.78 is 42.9. The van der Waals surface area contributed by atoms with E-state index in [0.717, 1.165) is 31.4 Å². The Kier molecular flexibility index (Phi) is 5.50. The molecule has 0 heterocycles. The lowest BCUT2D eigenvalue weighted by atomic mass is 10.1. The molecule has 108 valence electrons. The number of rotatable bonds is 5. The summed E-state index contributed by atoms with van der Waals surface area (Å²) in [5.41, 5.74) is 4.85. The van der Waals surface area contributed by atoms with Gasteiger partial charge < -0.3 is 10.5 Å². The zero-order chi connectivity index (χ0) is 13.2. The van der Waals surface area contributed by atoms with Crippen LogP contribution in [0.2, 0.25) is 0 Å². The lowest BCUT2D eigenvalue weighted by molar-refractivity contribution is -0.137. The second-order valence-corrected chi connectivity index (χ2v) is 4.59. The number of alkyl halides is 3. The SMILES string of the molecule is Cl.NCCC(Oc1ccc(C(F)(F)F)cc1)C1CC1. The molecular formula is C13H17ClF3NO. The van der Waals surface area contributed by atoms with Crippen molar-refractivity contribution in [1.29, 1.82) is 0 Å². The molecular weight excluding hydrogens is 279 g/mol. The van der Waals surface area contributed by atoms with Crippen molar-refractivity contribution in [1.82, 2.24) is 0 Å². The average Bonchev–Trinajstić information content (AvgIpc) is 3.12. The molecule has 0 aromatic heterocycles. The first-order valence-corrected chi connectivity index (χ1v) is 6.04. The first-order chi connectivity index (χ1) is 8.50. The highest BCUT2D eigenvalue weighted by atomic mass is 35.5. The average molecular weight is 296 g/mol. The molecule has 1 fully saturated rings. The topological polar surface area (TPSA) is 35.2 Å². The van der Waals surface area contributed by atoms with Crippen LogP contribution in [0.3, 0.4) is 0 Å². The summed E-state index contributed by atoms with van der Waals surface area (Å²) in [4.78, 5) is 0. The van der Waals surface area contributed by atoms with Gasteiger partial charge in [0.25, 0.3) is 0 Å². The van der Waals surface area contributed by atoms with Crippen molar-refractivity contribution in [2.45, 2.75) is 31.5 Å². The van der Waals surface area contributed by atoms with Crippen molar-refractivity contribution in [3.05, 3.63) is 29.8 Å². The molecule has 1 saturated carbocycles. The number of halogens is 4. The van der Waals surface area contributed by atoms with Crippen LogP contribution in [0.1, 0.15) is 24.8 Å². The molecule has 1 atom stereocenters. The van der Waals surface area contributed by atoms with Crippen LogP contribution >= 0.6 is 12.4 Å². The Morgan fingerprint density at radius 1 is 1.21 bits per heavy atom. The fourth-order valence-corrected chi connectivity index (χ4v) is 1.92. The van der Waals surface area contributed by atoms with E-state index < -0.39 is 11.7 Å². The Balaban J connectivity index is 0.00000180. The highest BCUT2D eigenvalue weighted by molar-refractivity contribution is 5.85. The van der Waals surface area contributed by atoms with Gasteiger partial charge in [0.15, 0.2) is 0 Å². The molecule has 0 radical (unpaired) electrons. The number of benzene rings is 1. The first kappa shape index (κ1) is 16.1. The highest BCUT2D eigenvalue weighted by Gasteiger charge is 2.33. The van der Waals surface area contributed by atoms with Crippen LogP contribution in [0.4, 0.5) is 13.2 Å². The molecule has 0 spiro atoms. The maximum absolute atomic E-state index is 12.4. The van der Waals surface area contributed by atoms with Gasteiger partial charge in [-0.3, -0.25) is 0 Å². The molecule has 0 saturated heterocycles. The summed E-state index contributed by atoms with van der Waals surface area (Å²) in [6.45, 7) is 0.530. The monoisotopic (exact) mass is 295 g/mol. The third-order valence-corrected chi connectivity index (χ3v) is 3.07. The Hall–Kier alpha value is -0.940. The number of hydrogen-bond donors (Lipinski definition) is 1. The maximum atomic E-state index is 12.4. The predicted molar refractivity (Wildman–Crippen MR) is 69.5 cm³/mol. The highest BCUT2D eigenvalue weighted by Crippen LogP contribution is 2.37. The van der Waals surface area contributed by atoms with Crippen molar-refractivity contribution < 1.29 is 17.9 Å². The zero-order valence-electron chi connectivity index (χ0n) is 10.3. The lowest BCUT2D eigenvalue weighted by Crippen LogP contribution is -2.22. The summed E-state index contributed by atoms with van der Waals surface area (Å²) in [6.07, 6.45) is -1.29. The minimum atomic E-state index is -4.30. The summed E-state index contributed by atoms with van der Waals surface area (Å²) in [5.74, 6) is 0.990. The van der Waals surface area contributed by atoms with Gasteiger partial charge in [-0.2, -0.15) is 13.2 Å². The summed E-state index contributed by atoms with van der Waals surface area (Å²) in [7, 11) is 0. The molecule has 19 heavy (non-hydrogen) atoms. The minimum absolute atomic E-state index is 0. The standard InChI is InChI=1S/C13H16F3NO.ClH/c14-13(15,16)10-3-5-11(6-4-10)18-12(7-8-17)9-1-2-9;/h3-6,9,12H,1-2,7-8,17H2;1H. The fourth-order valence-electron chi connectivity index (χ4n) is 1.92. The van der Waals surface area contributed by atoms with Gasteiger partial charge in [0.05, 0.1) is 5.56 Å². The fraction of sp³-hybridized carbons (Fsp3) is 0.538. The molecule has 2 N–H and O–H groups in total. The number of hydrogen-bond acceptors (Lipinski definition) is 2. The summed E-state index contributed by atoms with van der Waals surface area (Å²) in [5, 5.41) is 0. The van der Waals surface area contributed by atoms with Crippen molar-refractivity contribution in [2.24, 2.45) is 11.7 Å². The van der Waals surface area contributed by atoms with E-state index in [0.29, 0.717) is 18.2 Å². The van der Waals surface area contributed by atoms with Crippen LogP contribution < -0.4 is 10.5 Å². The van der Waals surface area contributed by atoms with Crippen LogP contribution in [0.5, 0.6) is 5.75 Å². The molecule has 2 nitrogen and oxygen atoms in total. The van der Waals surface area contributed by atoms with E-state index in [9.17, 15) is 13.2 Å². The molecule has 1 aromatic carbocycles. The Labute approximate surface area is 116 Å². The second kappa shape index (κ2) is 6.48. The van der Waals surface area contributed by atoms with Gasteiger partial charge in [-0.25, -0.2) is 0 Å². The van der Waals surface area contributed by atoms with Crippen molar-refractivity contribution in [3.63, 3.8) is 0 Å². The van der Waals surface area contributed by atoms with Gasteiger partial charge in [0.1, 0.15) is 11.9 Å². The number of ether oxygens (including phenoxy) is 1. The van der Waals surface area contributed by atoms with Gasteiger partial charge in [0, 0.05) is 0 Å². The summed E-state index contributed by atoms with van der Waals surface area (Å²) in [6, 6.07) is 4.83.